The van der Waals surface area contributed by atoms with Crippen molar-refractivity contribution in [3.63, 3.8) is 0 Å². The smallest absolute Gasteiger partial charge is 0.270 e. The molecule has 0 bridgehead atoms. The zero-order valence-corrected chi connectivity index (χ0v) is 17.9. The quantitative estimate of drug-likeness (QED) is 0.557. The molecule has 1 aliphatic heterocycles. The minimum absolute atomic E-state index is 0.0475. The van der Waals surface area contributed by atoms with Gasteiger partial charge in [-0.1, -0.05) is 30.9 Å². The van der Waals surface area contributed by atoms with Gasteiger partial charge in [0.2, 0.25) is 0 Å². The van der Waals surface area contributed by atoms with Crippen molar-refractivity contribution in [2.24, 2.45) is 7.05 Å². The van der Waals surface area contributed by atoms with Crippen LogP contribution in [0.25, 0.3) is 6.08 Å². The Hall–Kier alpha value is -2.83. The van der Waals surface area contributed by atoms with Crippen molar-refractivity contribution in [3.8, 4) is 6.07 Å². The molecule has 2 aromatic heterocycles. The molecule has 1 fully saturated rings. The fourth-order valence-corrected chi connectivity index (χ4v) is 4.37. The van der Waals surface area contributed by atoms with Crippen LogP contribution in [-0.2, 0) is 18.4 Å². The molecule has 29 heavy (non-hydrogen) atoms. The van der Waals surface area contributed by atoms with Crippen molar-refractivity contribution in [2.75, 3.05) is 11.9 Å². The predicted molar refractivity (Wildman–Crippen MR) is 117 cm³/mol. The van der Waals surface area contributed by atoms with Gasteiger partial charge in [-0.25, -0.2) is 0 Å². The van der Waals surface area contributed by atoms with E-state index < -0.39 is 5.56 Å². The molecule has 0 spiro atoms. The summed E-state index contributed by atoms with van der Waals surface area (Å²) in [5.74, 6) is 1.04. The fraction of sp³-hybridized carbons (Fsp3) is 0.300. The van der Waals surface area contributed by atoms with E-state index in [-0.39, 0.29) is 11.5 Å². The molecular formula is C20H20N4O3S2. The molecule has 2 aromatic rings. The minimum atomic E-state index is -0.400. The van der Waals surface area contributed by atoms with Crippen molar-refractivity contribution < 1.29 is 9.21 Å². The maximum atomic E-state index is 12.8. The second-order valence-corrected chi connectivity index (χ2v) is 8.18. The van der Waals surface area contributed by atoms with Crippen LogP contribution in [0.2, 0.25) is 0 Å². The number of furan rings is 1. The van der Waals surface area contributed by atoms with E-state index >= 15 is 0 Å². The second kappa shape index (κ2) is 8.68. The average molecular weight is 429 g/mol. The Morgan fingerprint density at radius 1 is 1.41 bits per heavy atom. The number of amides is 1. The number of nitriles is 1. The van der Waals surface area contributed by atoms with Crippen molar-refractivity contribution in [3.05, 3.63) is 56.1 Å². The van der Waals surface area contributed by atoms with Crippen LogP contribution in [0.15, 0.2) is 32.5 Å². The number of anilines is 1. The maximum absolute atomic E-state index is 12.8. The standard InChI is InChI=1S/C20H20N4O3S2/c1-4-7-24-19(26)16(29-20(24)28)9-14-12(2)15(10-21)18(25)23(3)17(14)22-11-13-6-5-8-27-13/h5-6,8-9,22H,4,7,11H2,1-3H3/b16-9-. The van der Waals surface area contributed by atoms with Gasteiger partial charge in [0.25, 0.3) is 11.5 Å². The monoisotopic (exact) mass is 428 g/mol. The lowest BCUT2D eigenvalue weighted by Gasteiger charge is -2.17. The Bertz CT molecular complexity index is 1090. The molecule has 3 heterocycles. The van der Waals surface area contributed by atoms with Crippen LogP contribution < -0.4 is 10.9 Å². The Kier molecular flexibility index (Phi) is 6.25. The molecule has 0 unspecified atom stereocenters. The van der Waals surface area contributed by atoms with Crippen molar-refractivity contribution in [1.82, 2.24) is 9.47 Å². The van der Waals surface area contributed by atoms with E-state index in [1.807, 2.05) is 19.1 Å². The lowest BCUT2D eigenvalue weighted by Crippen LogP contribution is -2.28. The first-order chi connectivity index (χ1) is 13.9. The molecule has 1 amide bonds. The van der Waals surface area contributed by atoms with Gasteiger partial charge in [0.15, 0.2) is 0 Å². The molecule has 0 atom stereocenters. The van der Waals surface area contributed by atoms with Crippen LogP contribution in [0.1, 0.15) is 35.8 Å². The molecule has 0 aliphatic carbocycles. The van der Waals surface area contributed by atoms with Crippen LogP contribution in [-0.4, -0.2) is 26.2 Å². The van der Waals surface area contributed by atoms with Gasteiger partial charge in [-0.15, -0.1) is 0 Å². The highest BCUT2D eigenvalue weighted by Gasteiger charge is 2.32. The van der Waals surface area contributed by atoms with Crippen LogP contribution in [0.5, 0.6) is 0 Å². The molecule has 9 heteroatoms. The lowest BCUT2D eigenvalue weighted by atomic mass is 10.0. The molecule has 0 aromatic carbocycles. The minimum Gasteiger partial charge on any atom is -0.467 e. The van der Waals surface area contributed by atoms with Gasteiger partial charge in [0, 0.05) is 19.2 Å². The number of hydrogen-bond acceptors (Lipinski definition) is 7. The summed E-state index contributed by atoms with van der Waals surface area (Å²) in [6.45, 7) is 4.59. The number of thioether (sulfide) groups is 1. The molecule has 0 radical (unpaired) electrons. The van der Waals surface area contributed by atoms with E-state index in [9.17, 15) is 14.9 Å². The lowest BCUT2D eigenvalue weighted by molar-refractivity contribution is -0.122. The molecule has 7 nitrogen and oxygen atoms in total. The average Bonchev–Trinajstić information content (AvgIpc) is 3.30. The van der Waals surface area contributed by atoms with Crippen LogP contribution in [0.4, 0.5) is 5.82 Å². The van der Waals surface area contributed by atoms with Crippen LogP contribution in [0.3, 0.4) is 0 Å². The summed E-state index contributed by atoms with van der Waals surface area (Å²) < 4.78 is 7.24. The summed E-state index contributed by atoms with van der Waals surface area (Å²) in [6, 6.07) is 5.57. The number of pyridine rings is 1. The Morgan fingerprint density at radius 3 is 2.79 bits per heavy atom. The highest BCUT2D eigenvalue weighted by atomic mass is 32.2. The normalized spacial score (nSPS) is 15.2. The molecule has 3 rings (SSSR count). The number of nitrogens with zero attached hydrogens (tertiary/aromatic N) is 3. The van der Waals surface area contributed by atoms with E-state index in [0.717, 1.165) is 6.42 Å². The molecular weight excluding hydrogens is 408 g/mol. The predicted octanol–water partition coefficient (Wildman–Crippen LogP) is 3.38. The van der Waals surface area contributed by atoms with Gasteiger partial charge in [0.1, 0.15) is 27.5 Å². The Labute approximate surface area is 178 Å². The van der Waals surface area contributed by atoms with Gasteiger partial charge in [0.05, 0.1) is 17.7 Å². The molecule has 1 N–H and O–H groups in total. The largest absolute Gasteiger partial charge is 0.467 e. The SMILES string of the molecule is CCCN1C(=O)/C(=C/c2c(C)c(C#N)c(=O)n(C)c2NCc2ccco2)SC1=S. The number of rotatable bonds is 6. The highest BCUT2D eigenvalue weighted by molar-refractivity contribution is 8.26. The van der Waals surface area contributed by atoms with Gasteiger partial charge in [-0.3, -0.25) is 19.1 Å². The van der Waals surface area contributed by atoms with Crippen molar-refractivity contribution in [2.45, 2.75) is 26.8 Å². The van der Waals surface area contributed by atoms with Crippen LogP contribution >= 0.6 is 24.0 Å². The summed E-state index contributed by atoms with van der Waals surface area (Å²) in [6.07, 6.45) is 4.07. The van der Waals surface area contributed by atoms with Gasteiger partial charge in [-0.05, 0) is 37.1 Å². The summed E-state index contributed by atoms with van der Waals surface area (Å²) in [5.41, 5.74) is 0.763. The number of aromatic nitrogens is 1. The molecule has 1 aliphatic rings. The van der Waals surface area contributed by atoms with Gasteiger partial charge >= 0.3 is 0 Å². The molecule has 1 saturated heterocycles. The zero-order chi connectivity index (χ0) is 21.1. The first kappa shape index (κ1) is 20.9. The maximum Gasteiger partial charge on any atom is 0.270 e. The number of carbonyl (C=O) groups is 1. The second-order valence-electron chi connectivity index (χ2n) is 6.50. The topological polar surface area (TPSA) is 91.3 Å². The third-order valence-electron chi connectivity index (χ3n) is 4.61. The summed E-state index contributed by atoms with van der Waals surface area (Å²) in [5, 5.41) is 12.7. The van der Waals surface area contributed by atoms with Gasteiger partial charge < -0.3 is 9.73 Å². The van der Waals surface area contributed by atoms with Crippen LogP contribution in [0, 0.1) is 18.3 Å². The van der Waals surface area contributed by atoms with E-state index in [4.69, 9.17) is 16.6 Å². The Morgan fingerprint density at radius 2 is 2.17 bits per heavy atom. The third-order valence-corrected chi connectivity index (χ3v) is 5.98. The van der Waals surface area contributed by atoms with E-state index in [1.165, 1.54) is 16.3 Å². The first-order valence-corrected chi connectivity index (χ1v) is 10.3. The van der Waals surface area contributed by atoms with E-state index in [1.54, 1.807) is 37.3 Å². The highest BCUT2D eigenvalue weighted by Crippen LogP contribution is 2.35. The molecule has 0 saturated carbocycles. The third kappa shape index (κ3) is 3.99. The number of hydrogen-bond donors (Lipinski definition) is 1. The van der Waals surface area contributed by atoms with E-state index in [0.29, 0.717) is 45.0 Å². The number of nitrogens with one attached hydrogen (secondary N) is 1. The van der Waals surface area contributed by atoms with Crippen molar-refractivity contribution in [1.29, 1.82) is 5.26 Å². The Balaban J connectivity index is 2.10. The number of thiocarbonyl (C=S) groups is 1. The number of carbonyl (C=O) groups excluding carboxylic acids is 1. The van der Waals surface area contributed by atoms with Gasteiger partial charge in [-0.2, -0.15) is 5.26 Å². The summed E-state index contributed by atoms with van der Waals surface area (Å²) in [7, 11) is 1.59. The summed E-state index contributed by atoms with van der Waals surface area (Å²) in [4.78, 5) is 27.4. The first-order valence-electron chi connectivity index (χ1n) is 9.04. The summed E-state index contributed by atoms with van der Waals surface area (Å²) >= 11 is 6.56. The van der Waals surface area contributed by atoms with E-state index in [2.05, 4.69) is 5.32 Å². The molecule has 150 valence electrons. The fourth-order valence-electron chi connectivity index (χ4n) is 3.08. The zero-order valence-electron chi connectivity index (χ0n) is 16.3. The van der Waals surface area contributed by atoms with Crippen molar-refractivity contribution >= 4 is 46.1 Å².